The third-order valence-electron chi connectivity index (χ3n) is 2.61. The van der Waals surface area contributed by atoms with Gasteiger partial charge in [-0.15, -0.1) is 11.6 Å². The molecule has 0 aliphatic carbocycles. The SMILES string of the molecule is O=c1[nH]c(-c2ccc(C(O)C(O)CCl)cc2)cs1. The average Bonchev–Trinajstić information content (AvgIpc) is 2.84. The molecule has 0 radical (unpaired) electrons. The van der Waals surface area contributed by atoms with Gasteiger partial charge in [0.05, 0.1) is 17.7 Å². The van der Waals surface area contributed by atoms with E-state index < -0.39 is 12.2 Å². The fraction of sp³-hybridized carbons (Fsp3) is 0.250. The van der Waals surface area contributed by atoms with Gasteiger partial charge in [-0.3, -0.25) is 4.79 Å². The Morgan fingerprint density at radius 2 is 1.94 bits per heavy atom. The van der Waals surface area contributed by atoms with E-state index in [1.54, 1.807) is 29.6 Å². The lowest BCUT2D eigenvalue weighted by Crippen LogP contribution is -2.19. The van der Waals surface area contributed by atoms with Crippen molar-refractivity contribution < 1.29 is 10.2 Å². The molecule has 0 saturated heterocycles. The Labute approximate surface area is 112 Å². The summed E-state index contributed by atoms with van der Waals surface area (Å²) >= 11 is 6.58. The van der Waals surface area contributed by atoms with Crippen LogP contribution < -0.4 is 4.87 Å². The second kappa shape index (κ2) is 5.67. The second-order valence-corrected chi connectivity index (χ2v) is 5.00. The zero-order valence-electron chi connectivity index (χ0n) is 9.34. The number of nitrogens with one attached hydrogen (secondary N) is 1. The molecule has 4 nitrogen and oxygen atoms in total. The highest BCUT2D eigenvalue weighted by Crippen LogP contribution is 2.22. The number of halogens is 1. The number of thiazole rings is 1. The van der Waals surface area contributed by atoms with Gasteiger partial charge >= 0.3 is 4.87 Å². The van der Waals surface area contributed by atoms with Gasteiger partial charge in [0.1, 0.15) is 6.10 Å². The van der Waals surface area contributed by atoms with Gasteiger partial charge in [0, 0.05) is 5.38 Å². The third-order valence-corrected chi connectivity index (χ3v) is 3.59. The highest BCUT2D eigenvalue weighted by Gasteiger charge is 2.17. The molecule has 1 aromatic carbocycles. The first-order valence-corrected chi connectivity index (χ1v) is 6.73. The van der Waals surface area contributed by atoms with Gasteiger partial charge in [-0.1, -0.05) is 35.6 Å². The lowest BCUT2D eigenvalue weighted by atomic mass is 10.0. The van der Waals surface area contributed by atoms with Crippen LogP contribution in [-0.4, -0.2) is 27.2 Å². The first kappa shape index (κ1) is 13.3. The van der Waals surface area contributed by atoms with E-state index in [2.05, 4.69) is 4.98 Å². The van der Waals surface area contributed by atoms with E-state index in [4.69, 9.17) is 11.6 Å². The molecular weight excluding hydrogens is 274 g/mol. The first-order valence-electron chi connectivity index (χ1n) is 5.32. The molecule has 96 valence electrons. The molecule has 1 aromatic heterocycles. The summed E-state index contributed by atoms with van der Waals surface area (Å²) in [6.07, 6.45) is -1.99. The van der Waals surface area contributed by atoms with E-state index in [-0.39, 0.29) is 10.8 Å². The van der Waals surface area contributed by atoms with Gasteiger partial charge in [-0.25, -0.2) is 0 Å². The topological polar surface area (TPSA) is 73.3 Å². The molecule has 2 atom stereocenters. The van der Waals surface area contributed by atoms with Crippen LogP contribution in [0, 0.1) is 0 Å². The largest absolute Gasteiger partial charge is 0.389 e. The Hall–Kier alpha value is -1.14. The van der Waals surface area contributed by atoms with Crippen LogP contribution in [0.2, 0.25) is 0 Å². The average molecular weight is 286 g/mol. The number of rotatable bonds is 4. The van der Waals surface area contributed by atoms with Gasteiger partial charge in [0.15, 0.2) is 0 Å². The van der Waals surface area contributed by atoms with Crippen molar-refractivity contribution in [3.8, 4) is 11.3 Å². The smallest absolute Gasteiger partial charge is 0.304 e. The Kier molecular flexibility index (Phi) is 4.19. The van der Waals surface area contributed by atoms with Gasteiger partial charge in [0.2, 0.25) is 0 Å². The number of hydrogen-bond donors (Lipinski definition) is 3. The maximum Gasteiger partial charge on any atom is 0.304 e. The first-order chi connectivity index (χ1) is 8.61. The number of aliphatic hydroxyl groups excluding tert-OH is 2. The van der Waals surface area contributed by atoms with Crippen molar-refractivity contribution in [2.24, 2.45) is 0 Å². The number of aromatic nitrogens is 1. The van der Waals surface area contributed by atoms with E-state index in [1.807, 2.05) is 0 Å². The van der Waals surface area contributed by atoms with Gasteiger partial charge in [-0.05, 0) is 11.1 Å². The Morgan fingerprint density at radius 1 is 1.28 bits per heavy atom. The monoisotopic (exact) mass is 285 g/mol. The molecular formula is C12H12ClNO3S. The minimum Gasteiger partial charge on any atom is -0.389 e. The summed E-state index contributed by atoms with van der Waals surface area (Å²) in [5.41, 5.74) is 2.18. The van der Waals surface area contributed by atoms with Gasteiger partial charge in [0.25, 0.3) is 0 Å². The number of alkyl halides is 1. The van der Waals surface area contributed by atoms with E-state index in [1.165, 1.54) is 0 Å². The second-order valence-electron chi connectivity index (χ2n) is 3.85. The molecule has 0 bridgehead atoms. The minimum absolute atomic E-state index is 0.0270. The Morgan fingerprint density at radius 3 is 2.44 bits per heavy atom. The number of H-pyrrole nitrogens is 1. The minimum atomic E-state index is -1.00. The summed E-state index contributed by atoms with van der Waals surface area (Å²) in [5.74, 6) is -0.0270. The number of hydrogen-bond acceptors (Lipinski definition) is 4. The maximum absolute atomic E-state index is 11.0. The van der Waals surface area contributed by atoms with Gasteiger partial charge < -0.3 is 15.2 Å². The molecule has 6 heteroatoms. The molecule has 1 heterocycles. The van der Waals surface area contributed by atoms with Crippen LogP contribution in [0.5, 0.6) is 0 Å². The summed E-state index contributed by atoms with van der Waals surface area (Å²) in [4.78, 5) is 13.6. The van der Waals surface area contributed by atoms with Crippen LogP contribution >= 0.6 is 22.9 Å². The Bertz CT molecular complexity index is 563. The van der Waals surface area contributed by atoms with Crippen molar-refractivity contribution in [1.82, 2.24) is 4.98 Å². The number of aromatic amines is 1. The summed E-state index contributed by atoms with van der Waals surface area (Å²) in [6, 6.07) is 6.95. The van der Waals surface area contributed by atoms with E-state index in [9.17, 15) is 15.0 Å². The van der Waals surface area contributed by atoms with E-state index >= 15 is 0 Å². The quantitative estimate of drug-likeness (QED) is 0.749. The molecule has 0 fully saturated rings. The standard InChI is InChI=1S/C12H12ClNO3S/c13-5-10(15)11(16)8-3-1-7(2-4-8)9-6-18-12(17)14-9/h1-4,6,10-11,15-16H,5H2,(H,14,17). The van der Waals surface area contributed by atoms with Crippen LogP contribution in [0.3, 0.4) is 0 Å². The highest BCUT2D eigenvalue weighted by molar-refractivity contribution is 7.07. The van der Waals surface area contributed by atoms with Gasteiger partial charge in [-0.2, -0.15) is 0 Å². The third kappa shape index (κ3) is 2.81. The molecule has 0 aliphatic rings. The fourth-order valence-corrected chi connectivity index (χ4v) is 2.35. The summed E-state index contributed by atoms with van der Waals surface area (Å²) in [5, 5.41) is 20.9. The molecule has 0 saturated carbocycles. The molecule has 0 spiro atoms. The lowest BCUT2D eigenvalue weighted by molar-refractivity contribution is 0.0327. The summed E-state index contributed by atoms with van der Waals surface area (Å²) < 4.78 is 0. The van der Waals surface area contributed by atoms with Crippen molar-refractivity contribution >= 4 is 22.9 Å². The van der Waals surface area contributed by atoms with Crippen molar-refractivity contribution in [2.45, 2.75) is 12.2 Å². The van der Waals surface area contributed by atoms with Crippen molar-refractivity contribution in [3.05, 3.63) is 44.9 Å². The molecule has 2 unspecified atom stereocenters. The molecule has 0 amide bonds. The van der Waals surface area contributed by atoms with Crippen LogP contribution in [0.1, 0.15) is 11.7 Å². The van der Waals surface area contributed by atoms with Crippen LogP contribution in [-0.2, 0) is 0 Å². The van der Waals surface area contributed by atoms with Crippen molar-refractivity contribution in [2.75, 3.05) is 5.88 Å². The number of aliphatic hydroxyl groups is 2. The zero-order valence-corrected chi connectivity index (χ0v) is 10.9. The van der Waals surface area contributed by atoms with Crippen LogP contribution in [0.4, 0.5) is 0 Å². The predicted octanol–water partition coefficient (Wildman–Crippen LogP) is 1.74. The number of benzene rings is 1. The normalized spacial score (nSPS) is 14.4. The van der Waals surface area contributed by atoms with E-state index in [0.29, 0.717) is 5.56 Å². The van der Waals surface area contributed by atoms with Crippen LogP contribution in [0.25, 0.3) is 11.3 Å². The zero-order chi connectivity index (χ0) is 13.1. The summed E-state index contributed by atoms with van der Waals surface area (Å²) in [7, 11) is 0. The van der Waals surface area contributed by atoms with E-state index in [0.717, 1.165) is 22.6 Å². The van der Waals surface area contributed by atoms with Crippen LogP contribution in [0.15, 0.2) is 34.4 Å². The van der Waals surface area contributed by atoms with Crippen molar-refractivity contribution in [3.63, 3.8) is 0 Å². The molecule has 2 aromatic rings. The molecule has 2 rings (SSSR count). The lowest BCUT2D eigenvalue weighted by Gasteiger charge is -2.15. The Balaban J connectivity index is 2.22. The van der Waals surface area contributed by atoms with Crippen molar-refractivity contribution in [1.29, 1.82) is 0 Å². The maximum atomic E-state index is 11.0. The molecule has 18 heavy (non-hydrogen) atoms. The predicted molar refractivity (Wildman–Crippen MR) is 72.1 cm³/mol. The fourth-order valence-electron chi connectivity index (χ4n) is 1.59. The summed E-state index contributed by atoms with van der Waals surface area (Å²) in [6.45, 7) is 0. The highest BCUT2D eigenvalue weighted by atomic mass is 35.5. The molecule has 0 aliphatic heterocycles. The molecule has 3 N–H and O–H groups in total.